The van der Waals surface area contributed by atoms with Crippen molar-refractivity contribution in [3.63, 3.8) is 0 Å². The number of hydrogen-bond donors (Lipinski definition) is 1. The first kappa shape index (κ1) is 14.6. The minimum absolute atomic E-state index is 0.136. The number of esters is 1. The van der Waals surface area contributed by atoms with Gasteiger partial charge in [0.05, 0.1) is 10.4 Å². The molecule has 0 atom stereocenters. The maximum atomic E-state index is 12.0. The van der Waals surface area contributed by atoms with Gasteiger partial charge < -0.3 is 14.9 Å². The molecule has 2 aromatic heterocycles. The normalized spacial score (nSPS) is 10.6. The zero-order valence-electron chi connectivity index (χ0n) is 11.2. The summed E-state index contributed by atoms with van der Waals surface area (Å²) in [4.78, 5) is 12.8. The first-order chi connectivity index (χ1) is 10.6. The first-order valence-electron chi connectivity index (χ1n) is 6.22. The van der Waals surface area contributed by atoms with Gasteiger partial charge in [0.25, 0.3) is 11.8 Å². The molecule has 0 aliphatic rings. The number of aromatic nitrogens is 2. The monoisotopic (exact) mass is 335 g/mol. The quantitative estimate of drug-likeness (QED) is 0.580. The standard InChI is InChI=1S/C14H10ClN3O3S/c15-8-3-4-10(16)9(6-8)14(19)20-7-12-17-18-13(21-12)11-2-1-5-22-11/h1-6H,7,16H2. The summed E-state index contributed by atoms with van der Waals surface area (Å²) in [5.41, 5.74) is 6.21. The third-order valence-corrected chi connectivity index (χ3v) is 3.85. The molecule has 0 fully saturated rings. The van der Waals surface area contributed by atoms with Crippen molar-refractivity contribution in [1.29, 1.82) is 0 Å². The molecule has 3 rings (SSSR count). The van der Waals surface area contributed by atoms with Crippen LogP contribution in [0.25, 0.3) is 10.8 Å². The van der Waals surface area contributed by atoms with Crippen molar-refractivity contribution in [3.8, 4) is 10.8 Å². The van der Waals surface area contributed by atoms with Crippen LogP contribution in [0.3, 0.4) is 0 Å². The van der Waals surface area contributed by atoms with Crippen molar-refractivity contribution >= 4 is 34.6 Å². The number of nitrogens with two attached hydrogens (primary N) is 1. The fourth-order valence-electron chi connectivity index (χ4n) is 1.72. The Labute approximate surface area is 134 Å². The van der Waals surface area contributed by atoms with Crippen LogP contribution in [-0.4, -0.2) is 16.2 Å². The predicted octanol–water partition coefficient (Wildman–Crippen LogP) is 3.39. The van der Waals surface area contributed by atoms with Crippen molar-refractivity contribution in [3.05, 3.63) is 52.2 Å². The lowest BCUT2D eigenvalue weighted by Gasteiger charge is -2.05. The molecule has 0 saturated carbocycles. The van der Waals surface area contributed by atoms with E-state index in [1.54, 1.807) is 12.1 Å². The average Bonchev–Trinajstić information content (AvgIpc) is 3.17. The molecule has 0 aliphatic heterocycles. The van der Waals surface area contributed by atoms with Crippen molar-refractivity contribution in [1.82, 2.24) is 10.2 Å². The van der Waals surface area contributed by atoms with Crippen molar-refractivity contribution < 1.29 is 13.9 Å². The molecule has 0 unspecified atom stereocenters. The smallest absolute Gasteiger partial charge is 0.340 e. The van der Waals surface area contributed by atoms with Crippen LogP contribution in [0.4, 0.5) is 5.69 Å². The lowest BCUT2D eigenvalue weighted by atomic mass is 10.2. The largest absolute Gasteiger partial charge is 0.452 e. The van der Waals surface area contributed by atoms with Gasteiger partial charge in [-0.3, -0.25) is 0 Å². The van der Waals surface area contributed by atoms with Gasteiger partial charge in [-0.1, -0.05) is 17.7 Å². The number of nitrogens with zero attached hydrogens (tertiary/aromatic N) is 2. The highest BCUT2D eigenvalue weighted by Gasteiger charge is 2.15. The van der Waals surface area contributed by atoms with Crippen LogP contribution in [0.5, 0.6) is 0 Å². The van der Waals surface area contributed by atoms with E-state index in [0.717, 1.165) is 4.88 Å². The molecule has 0 bridgehead atoms. The van der Waals surface area contributed by atoms with Gasteiger partial charge in [-0.05, 0) is 29.6 Å². The van der Waals surface area contributed by atoms with E-state index >= 15 is 0 Å². The van der Waals surface area contributed by atoms with Gasteiger partial charge in [-0.25, -0.2) is 4.79 Å². The summed E-state index contributed by atoms with van der Waals surface area (Å²) in [6.07, 6.45) is 0. The number of anilines is 1. The number of benzene rings is 1. The van der Waals surface area contributed by atoms with Gasteiger partial charge in [-0.15, -0.1) is 21.5 Å². The SMILES string of the molecule is Nc1ccc(Cl)cc1C(=O)OCc1nnc(-c2cccs2)o1. The van der Waals surface area contributed by atoms with Gasteiger partial charge in [0.15, 0.2) is 6.61 Å². The van der Waals surface area contributed by atoms with E-state index in [-0.39, 0.29) is 18.1 Å². The second kappa shape index (κ2) is 6.17. The number of ether oxygens (including phenoxy) is 1. The van der Waals surface area contributed by atoms with Crippen LogP contribution in [-0.2, 0) is 11.3 Å². The summed E-state index contributed by atoms with van der Waals surface area (Å²) in [6.45, 7) is -0.136. The fourth-order valence-corrected chi connectivity index (χ4v) is 2.54. The molecule has 0 saturated heterocycles. The molecular formula is C14H10ClN3O3S. The van der Waals surface area contributed by atoms with E-state index in [9.17, 15) is 4.79 Å². The van der Waals surface area contributed by atoms with E-state index in [2.05, 4.69) is 10.2 Å². The molecule has 8 heteroatoms. The molecule has 3 aromatic rings. The lowest BCUT2D eigenvalue weighted by molar-refractivity contribution is 0.0440. The molecule has 2 N–H and O–H groups in total. The predicted molar refractivity (Wildman–Crippen MR) is 82.6 cm³/mol. The zero-order chi connectivity index (χ0) is 15.5. The van der Waals surface area contributed by atoms with Crippen molar-refractivity contribution in [2.45, 2.75) is 6.61 Å². The topological polar surface area (TPSA) is 91.2 Å². The van der Waals surface area contributed by atoms with Crippen LogP contribution >= 0.6 is 22.9 Å². The Kier molecular flexibility index (Phi) is 4.08. The number of thiophene rings is 1. The number of carbonyl (C=O) groups excluding carboxylic acids is 1. The highest BCUT2D eigenvalue weighted by Crippen LogP contribution is 2.23. The Hall–Kier alpha value is -2.38. The first-order valence-corrected chi connectivity index (χ1v) is 7.47. The van der Waals surface area contributed by atoms with Gasteiger partial charge in [0.2, 0.25) is 0 Å². The average molecular weight is 336 g/mol. The summed E-state index contributed by atoms with van der Waals surface area (Å²) in [5.74, 6) is -0.00320. The van der Waals surface area contributed by atoms with E-state index in [0.29, 0.717) is 16.6 Å². The molecule has 0 aliphatic carbocycles. The van der Waals surface area contributed by atoms with E-state index < -0.39 is 5.97 Å². The summed E-state index contributed by atoms with van der Waals surface area (Å²) < 4.78 is 10.5. The Morgan fingerprint density at radius 1 is 1.36 bits per heavy atom. The summed E-state index contributed by atoms with van der Waals surface area (Å²) in [5, 5.41) is 10.0. The van der Waals surface area contributed by atoms with Gasteiger partial charge in [-0.2, -0.15) is 0 Å². The Balaban J connectivity index is 1.67. The molecule has 6 nitrogen and oxygen atoms in total. The molecule has 0 amide bonds. The highest BCUT2D eigenvalue weighted by atomic mass is 35.5. The van der Waals surface area contributed by atoms with Crippen molar-refractivity contribution in [2.75, 3.05) is 5.73 Å². The van der Waals surface area contributed by atoms with E-state index in [1.807, 2.05) is 17.5 Å². The van der Waals surface area contributed by atoms with Crippen LogP contribution in [0.2, 0.25) is 5.02 Å². The molecule has 1 aromatic carbocycles. The number of rotatable bonds is 4. The minimum atomic E-state index is -0.601. The highest BCUT2D eigenvalue weighted by molar-refractivity contribution is 7.13. The van der Waals surface area contributed by atoms with Gasteiger partial charge in [0.1, 0.15) is 0 Å². The molecular weight excluding hydrogens is 326 g/mol. The Morgan fingerprint density at radius 3 is 3.00 bits per heavy atom. The van der Waals surface area contributed by atoms with Crippen LogP contribution in [0.1, 0.15) is 16.2 Å². The zero-order valence-corrected chi connectivity index (χ0v) is 12.7. The van der Waals surface area contributed by atoms with Crippen LogP contribution in [0.15, 0.2) is 40.1 Å². The Morgan fingerprint density at radius 2 is 2.23 bits per heavy atom. The van der Waals surface area contributed by atoms with Crippen molar-refractivity contribution in [2.24, 2.45) is 0 Å². The second-order valence-electron chi connectivity index (χ2n) is 4.29. The summed E-state index contributed by atoms with van der Waals surface area (Å²) in [7, 11) is 0. The summed E-state index contributed by atoms with van der Waals surface area (Å²) >= 11 is 7.31. The van der Waals surface area contributed by atoms with Gasteiger partial charge in [0, 0.05) is 10.7 Å². The molecule has 0 radical (unpaired) electrons. The maximum Gasteiger partial charge on any atom is 0.340 e. The van der Waals surface area contributed by atoms with E-state index in [1.165, 1.54) is 17.4 Å². The molecule has 112 valence electrons. The number of hydrogen-bond acceptors (Lipinski definition) is 7. The van der Waals surface area contributed by atoms with Crippen LogP contribution in [0, 0.1) is 0 Å². The molecule has 22 heavy (non-hydrogen) atoms. The number of halogens is 1. The third-order valence-electron chi connectivity index (χ3n) is 2.76. The fraction of sp³-hybridized carbons (Fsp3) is 0.0714. The van der Waals surface area contributed by atoms with Gasteiger partial charge >= 0.3 is 5.97 Å². The molecule has 2 heterocycles. The minimum Gasteiger partial charge on any atom is -0.452 e. The van der Waals surface area contributed by atoms with E-state index in [4.69, 9.17) is 26.5 Å². The Bertz CT molecular complexity index is 802. The van der Waals surface area contributed by atoms with Crippen LogP contribution < -0.4 is 5.73 Å². The summed E-state index contributed by atoms with van der Waals surface area (Å²) in [6, 6.07) is 8.33. The maximum absolute atomic E-state index is 12.0. The number of nitrogen functional groups attached to an aromatic ring is 1. The second-order valence-corrected chi connectivity index (χ2v) is 5.67. The third kappa shape index (κ3) is 3.10. The number of carbonyl (C=O) groups is 1. The molecule has 0 spiro atoms. The lowest BCUT2D eigenvalue weighted by Crippen LogP contribution is -2.08.